The number of rotatable bonds is 6. The highest BCUT2D eigenvalue weighted by molar-refractivity contribution is 7.18. The number of fused-ring (bicyclic) bond motifs is 1. The zero-order valence-corrected chi connectivity index (χ0v) is 13.1. The molecule has 0 saturated carbocycles. The smallest absolute Gasteiger partial charge is 0.252 e. The third-order valence-corrected chi connectivity index (χ3v) is 4.57. The van der Waals surface area contributed by atoms with Crippen LogP contribution in [0.5, 0.6) is 0 Å². The molecule has 3 aromatic rings. The molecule has 2 unspecified atom stereocenters. The Morgan fingerprint density at radius 1 is 1.22 bits per heavy atom. The van der Waals surface area contributed by atoms with Crippen molar-refractivity contribution >= 4 is 27.5 Å². The van der Waals surface area contributed by atoms with Crippen molar-refractivity contribution in [3.63, 3.8) is 0 Å². The summed E-state index contributed by atoms with van der Waals surface area (Å²) in [4.78, 5) is 16.2. The van der Waals surface area contributed by atoms with Crippen LogP contribution >= 0.6 is 11.3 Å². The number of nitrogens with zero attached hydrogens (tertiary/aromatic N) is 2. The zero-order valence-electron chi connectivity index (χ0n) is 12.3. The van der Waals surface area contributed by atoms with Gasteiger partial charge in [-0.3, -0.25) is 4.79 Å². The summed E-state index contributed by atoms with van der Waals surface area (Å²) in [5.74, 6) is -0.607. The van der Waals surface area contributed by atoms with Crippen LogP contribution in [0.1, 0.15) is 11.1 Å². The van der Waals surface area contributed by atoms with Gasteiger partial charge in [0.2, 0.25) is 0 Å². The molecule has 0 bridgehead atoms. The number of hydrogen-bond acceptors (Lipinski definition) is 5. The first-order chi connectivity index (χ1) is 11.1. The number of para-hydroxylation sites is 1. The van der Waals surface area contributed by atoms with Crippen LogP contribution < -0.4 is 5.32 Å². The lowest BCUT2D eigenvalue weighted by atomic mass is 10.2. The van der Waals surface area contributed by atoms with Crippen LogP contribution in [0.15, 0.2) is 48.8 Å². The SMILES string of the molecule is O=C(NCCn1cccc1)C(O)C(O)c1nc2ccccc2s1. The average Bonchev–Trinajstić information content (AvgIpc) is 3.22. The number of hydrogen-bond donors (Lipinski definition) is 3. The first kappa shape index (κ1) is 15.7. The topological polar surface area (TPSA) is 87.4 Å². The van der Waals surface area contributed by atoms with Gasteiger partial charge < -0.3 is 20.1 Å². The highest BCUT2D eigenvalue weighted by atomic mass is 32.1. The van der Waals surface area contributed by atoms with Crippen molar-refractivity contribution in [2.75, 3.05) is 6.54 Å². The lowest BCUT2D eigenvalue weighted by Gasteiger charge is -2.15. The van der Waals surface area contributed by atoms with E-state index in [9.17, 15) is 15.0 Å². The van der Waals surface area contributed by atoms with E-state index in [2.05, 4.69) is 10.3 Å². The van der Waals surface area contributed by atoms with Crippen molar-refractivity contribution in [1.82, 2.24) is 14.9 Å². The van der Waals surface area contributed by atoms with Crippen LogP contribution in [-0.4, -0.2) is 38.3 Å². The van der Waals surface area contributed by atoms with Gasteiger partial charge in [0, 0.05) is 25.5 Å². The van der Waals surface area contributed by atoms with E-state index >= 15 is 0 Å². The normalized spacial score (nSPS) is 13.8. The van der Waals surface area contributed by atoms with Crippen LogP contribution in [0.3, 0.4) is 0 Å². The number of carbonyl (C=O) groups excluding carboxylic acids is 1. The summed E-state index contributed by atoms with van der Waals surface area (Å²) < 4.78 is 2.82. The fourth-order valence-electron chi connectivity index (χ4n) is 2.23. The number of aromatic nitrogens is 2. The Labute approximate surface area is 137 Å². The summed E-state index contributed by atoms with van der Waals surface area (Å²) in [6, 6.07) is 11.2. The molecule has 3 N–H and O–H groups in total. The van der Waals surface area contributed by atoms with Gasteiger partial charge in [-0.1, -0.05) is 12.1 Å². The molecule has 7 heteroatoms. The largest absolute Gasteiger partial charge is 0.383 e. The van der Waals surface area contributed by atoms with E-state index in [4.69, 9.17) is 0 Å². The minimum Gasteiger partial charge on any atom is -0.383 e. The Kier molecular flexibility index (Phi) is 4.71. The molecule has 1 aromatic carbocycles. The van der Waals surface area contributed by atoms with Gasteiger partial charge >= 0.3 is 0 Å². The molecule has 1 amide bonds. The summed E-state index contributed by atoms with van der Waals surface area (Å²) in [7, 11) is 0. The third kappa shape index (κ3) is 3.58. The van der Waals surface area contributed by atoms with Crippen molar-refractivity contribution < 1.29 is 15.0 Å². The molecule has 3 rings (SSSR count). The molecule has 2 atom stereocenters. The Balaban J connectivity index is 1.59. The lowest BCUT2D eigenvalue weighted by Crippen LogP contribution is -2.39. The van der Waals surface area contributed by atoms with E-state index in [1.807, 2.05) is 53.4 Å². The van der Waals surface area contributed by atoms with E-state index in [1.165, 1.54) is 11.3 Å². The maximum absolute atomic E-state index is 11.9. The van der Waals surface area contributed by atoms with Crippen LogP contribution in [0.4, 0.5) is 0 Å². The summed E-state index contributed by atoms with van der Waals surface area (Å²) in [6.45, 7) is 0.972. The van der Waals surface area contributed by atoms with Gasteiger partial charge in [-0.25, -0.2) is 4.98 Å². The predicted octanol–water partition coefficient (Wildman–Crippen LogP) is 1.31. The second-order valence-electron chi connectivity index (χ2n) is 5.12. The van der Waals surface area contributed by atoms with Crippen molar-refractivity contribution in [3.8, 4) is 0 Å². The Morgan fingerprint density at radius 3 is 2.70 bits per heavy atom. The molecule has 0 radical (unpaired) electrons. The monoisotopic (exact) mass is 331 g/mol. The van der Waals surface area contributed by atoms with Crippen LogP contribution in [0, 0.1) is 0 Å². The second-order valence-corrected chi connectivity index (χ2v) is 6.18. The van der Waals surface area contributed by atoms with Gasteiger partial charge in [-0.05, 0) is 24.3 Å². The number of nitrogens with one attached hydrogen (secondary N) is 1. The van der Waals surface area contributed by atoms with Gasteiger partial charge in [0.1, 0.15) is 11.1 Å². The highest BCUT2D eigenvalue weighted by Gasteiger charge is 2.28. The van der Waals surface area contributed by atoms with Crippen molar-refractivity contribution in [2.45, 2.75) is 18.8 Å². The van der Waals surface area contributed by atoms with E-state index in [1.54, 1.807) is 0 Å². The zero-order chi connectivity index (χ0) is 16.2. The minimum atomic E-state index is -1.54. The third-order valence-electron chi connectivity index (χ3n) is 3.47. The quantitative estimate of drug-likeness (QED) is 0.635. The number of carbonyl (C=O) groups is 1. The molecule has 6 nitrogen and oxygen atoms in total. The summed E-state index contributed by atoms with van der Waals surface area (Å²) in [6.07, 6.45) is 0.899. The van der Waals surface area contributed by atoms with Crippen LogP contribution in [-0.2, 0) is 11.3 Å². The molecule has 2 heterocycles. The Hall–Kier alpha value is -2.22. The molecule has 0 aliphatic heterocycles. The molecule has 2 aromatic heterocycles. The van der Waals surface area contributed by atoms with Crippen LogP contribution in [0.2, 0.25) is 0 Å². The first-order valence-electron chi connectivity index (χ1n) is 7.25. The molecular formula is C16H17N3O3S. The minimum absolute atomic E-state index is 0.333. The second kappa shape index (κ2) is 6.91. The van der Waals surface area contributed by atoms with Crippen LogP contribution in [0.25, 0.3) is 10.2 Å². The van der Waals surface area contributed by atoms with E-state index in [0.717, 1.165) is 10.2 Å². The summed E-state index contributed by atoms with van der Waals surface area (Å²) in [5.41, 5.74) is 0.742. The molecule has 120 valence electrons. The number of benzene rings is 1. The number of thiazole rings is 1. The predicted molar refractivity (Wildman–Crippen MR) is 88.0 cm³/mol. The average molecular weight is 331 g/mol. The molecule has 0 saturated heterocycles. The van der Waals surface area contributed by atoms with Gasteiger partial charge in [0.05, 0.1) is 10.2 Å². The molecule has 0 spiro atoms. The van der Waals surface area contributed by atoms with E-state index in [0.29, 0.717) is 18.1 Å². The van der Waals surface area contributed by atoms with Crippen molar-refractivity contribution in [2.24, 2.45) is 0 Å². The molecule has 0 aliphatic rings. The standard InChI is InChI=1S/C16H17N3O3S/c20-13(15(22)17-7-10-19-8-3-4-9-19)14(21)16-18-11-5-1-2-6-12(11)23-16/h1-6,8-9,13-14,20-21H,7,10H2,(H,17,22). The molecular weight excluding hydrogens is 314 g/mol. The van der Waals surface area contributed by atoms with E-state index < -0.39 is 18.1 Å². The van der Waals surface area contributed by atoms with Gasteiger partial charge in [-0.15, -0.1) is 11.3 Å². The summed E-state index contributed by atoms with van der Waals surface area (Å²) in [5, 5.41) is 23.1. The fraction of sp³-hybridized carbons (Fsp3) is 0.250. The lowest BCUT2D eigenvalue weighted by molar-refractivity contribution is -0.135. The maximum Gasteiger partial charge on any atom is 0.252 e. The van der Waals surface area contributed by atoms with Gasteiger partial charge in [0.25, 0.3) is 5.91 Å². The molecule has 0 aliphatic carbocycles. The maximum atomic E-state index is 11.9. The first-order valence-corrected chi connectivity index (χ1v) is 8.07. The number of aliphatic hydroxyl groups excluding tert-OH is 2. The Morgan fingerprint density at radius 2 is 1.96 bits per heavy atom. The van der Waals surface area contributed by atoms with E-state index in [-0.39, 0.29) is 0 Å². The highest BCUT2D eigenvalue weighted by Crippen LogP contribution is 2.27. The molecule has 23 heavy (non-hydrogen) atoms. The Bertz CT molecular complexity index is 752. The number of aliphatic hydroxyl groups is 2. The number of amides is 1. The fourth-order valence-corrected chi connectivity index (χ4v) is 3.21. The van der Waals surface area contributed by atoms with Gasteiger partial charge in [-0.2, -0.15) is 0 Å². The molecule has 0 fully saturated rings. The van der Waals surface area contributed by atoms with Crippen molar-refractivity contribution in [3.05, 3.63) is 53.8 Å². The van der Waals surface area contributed by atoms with Crippen molar-refractivity contribution in [1.29, 1.82) is 0 Å². The van der Waals surface area contributed by atoms with Gasteiger partial charge in [0.15, 0.2) is 6.10 Å². The summed E-state index contributed by atoms with van der Waals surface area (Å²) >= 11 is 1.27.